The number of carbonyl (C=O) groups is 2. The molecule has 13 N–H and O–H groups in total. The number of ether oxygens (including phenoxy) is 11. The van der Waals surface area contributed by atoms with Crippen LogP contribution in [0.25, 0.3) is 0 Å². The Balaban J connectivity index is 0.887. The van der Waals surface area contributed by atoms with Crippen molar-refractivity contribution in [2.24, 2.45) is 0 Å². The summed E-state index contributed by atoms with van der Waals surface area (Å²) in [5.74, 6) is -6.45. The van der Waals surface area contributed by atoms with E-state index in [0.717, 1.165) is 128 Å². The molecule has 6 heterocycles. The van der Waals surface area contributed by atoms with Gasteiger partial charge in [-0.2, -0.15) is 0 Å². The fourth-order valence-corrected chi connectivity index (χ4v) is 16.9. The first-order valence-electron chi connectivity index (χ1n) is 43.0. The molecular formula is C88H138O35P2-4. The fraction of sp³-hybridized carbons (Fsp3) is 0.727. The second-order valence-electron chi connectivity index (χ2n) is 33.9. The van der Waals surface area contributed by atoms with Gasteiger partial charge < -0.3 is 153 Å². The van der Waals surface area contributed by atoms with Crippen LogP contribution in [0.1, 0.15) is 218 Å². The van der Waals surface area contributed by atoms with Crippen LogP contribution in [0.2, 0.25) is 0 Å². The van der Waals surface area contributed by atoms with Crippen LogP contribution >= 0.6 is 15.6 Å². The SMILES string of the molecule is CC(C)=CCC/C(C)=C/CC/C(C)=C/CC/C(C)=C\CC/C(C)=C\CC/C(C)=C\CC/C(C)=C\CC/C(C)=C\CC/C(C)=C\CC/C(C)=C\CC/C(C)=C\COP(=O)([O-])OP(=O)([O-])O[C@H]1O[C@H](CO)[C@@H](O[C@@H]2O[C@H](CO)[C@@H](O)[C@H](O[C@H]3O[C@H](CO)[C@@H](O)[C@H](O)[C@@H]3O[C@@H]3O[C@H](C(=O)[O-])[C@@H](O[C@@H]4O[C@@H]5COC(C)(C(=O)[O-])O[C@H]5[C@H](O)[C@@H]4O)[C@H](O)[C@H]3O)[C@H]2O)[C@H](O)[C@H]1O. The molecule has 0 aromatic heterocycles. The van der Waals surface area contributed by atoms with Gasteiger partial charge >= 0.3 is 0 Å². The van der Waals surface area contributed by atoms with E-state index in [4.69, 9.17) is 61.2 Å². The van der Waals surface area contributed by atoms with Crippen LogP contribution in [-0.4, -0.2) is 271 Å². The highest BCUT2D eigenvalue weighted by molar-refractivity contribution is 7.59. The maximum absolute atomic E-state index is 13.1. The van der Waals surface area contributed by atoms with Gasteiger partial charge in [-0.25, -0.2) is 4.31 Å². The largest absolute Gasteiger partial charge is 0.756 e. The highest BCUT2D eigenvalue weighted by Crippen LogP contribution is 2.57. The molecule has 6 saturated heterocycles. The number of hydrogen-bond donors (Lipinski definition) is 13. The van der Waals surface area contributed by atoms with Crippen LogP contribution in [-0.2, 0) is 84.2 Å². The van der Waals surface area contributed by atoms with E-state index in [9.17, 15) is 105 Å². The Kier molecular flexibility index (Phi) is 46.4. The lowest BCUT2D eigenvalue weighted by molar-refractivity contribution is -0.421. The lowest BCUT2D eigenvalue weighted by atomic mass is 9.95. The van der Waals surface area contributed by atoms with Gasteiger partial charge in [-0.3, -0.25) is 13.7 Å². The van der Waals surface area contributed by atoms with Crippen LogP contribution in [0.3, 0.4) is 0 Å². The fourth-order valence-electron chi connectivity index (χ4n) is 14.9. The highest BCUT2D eigenvalue weighted by atomic mass is 31.3. The third kappa shape index (κ3) is 35.1. The predicted octanol–water partition coefficient (Wildman–Crippen LogP) is 4.59. The number of hydrogen-bond acceptors (Lipinski definition) is 35. The number of fused-ring (bicyclic) bond motifs is 1. The summed E-state index contributed by atoms with van der Waals surface area (Å²) in [7, 11) is -11.9. The van der Waals surface area contributed by atoms with Gasteiger partial charge in [-0.15, -0.1) is 0 Å². The minimum Gasteiger partial charge on any atom is -0.756 e. The number of phosphoric acid groups is 2. The molecule has 0 saturated carbocycles. The third-order valence-electron chi connectivity index (χ3n) is 22.8. The van der Waals surface area contributed by atoms with Crippen LogP contribution < -0.4 is 20.0 Å². The number of allylic oxidation sites excluding steroid dienone is 21. The first-order chi connectivity index (χ1) is 58.9. The molecule has 0 amide bonds. The molecule has 0 aromatic rings. The van der Waals surface area contributed by atoms with Gasteiger partial charge in [0.15, 0.2) is 31.5 Å². The molecule has 3 unspecified atom stereocenters. The van der Waals surface area contributed by atoms with Crippen LogP contribution in [0.15, 0.2) is 128 Å². The molecule has 37 heteroatoms. The molecule has 125 heavy (non-hydrogen) atoms. The van der Waals surface area contributed by atoms with Crippen molar-refractivity contribution in [3.05, 3.63) is 128 Å². The molecule has 0 radical (unpaired) electrons. The molecule has 6 aliphatic heterocycles. The molecule has 6 fully saturated rings. The average molecular weight is 1820 g/mol. The predicted molar refractivity (Wildman–Crippen MR) is 446 cm³/mol. The molecule has 0 bridgehead atoms. The number of carbonyl (C=O) groups excluding carboxylic acids is 2. The van der Waals surface area contributed by atoms with Gasteiger partial charge in [-0.05, 0) is 218 Å². The molecule has 0 spiro atoms. The van der Waals surface area contributed by atoms with E-state index in [2.05, 4.69) is 134 Å². The number of aliphatic carboxylic acids is 2. The van der Waals surface area contributed by atoms with Crippen molar-refractivity contribution in [1.82, 2.24) is 0 Å². The van der Waals surface area contributed by atoms with E-state index in [1.54, 1.807) is 6.92 Å². The third-order valence-corrected chi connectivity index (χ3v) is 25.3. The second-order valence-corrected chi connectivity index (χ2v) is 36.9. The molecule has 28 atom stereocenters. The lowest BCUT2D eigenvalue weighted by Gasteiger charge is -2.51. The standard InChI is InChI=1S/C88H142O35P2/c1-50(2)24-14-25-51(3)26-15-27-52(4)28-16-29-53(5)30-17-31-54(6)32-18-33-55(7)34-19-35-56(8)36-20-37-57(9)38-21-39-58(10)40-22-41-59(11)42-23-43-60(12)44-45-111-124(106,107)123-125(108,109)122-85-73(100)68(95)75(63(48-91)114-85)116-84-74(101)77(66(93)62(47-90)112-84)117-86-79(67(94)65(92)61(46-89)113-86)119-83-72(99)70(97)78(80(120-83)81(102)103)118-82-71(98)69(96)76-64(115-82)49-110-88(13,121-76)87(104)105/h24,26,28,30,32,34,36,38,40,42,44,61-80,82-86,89-101H,14-23,25,27,29,31,33,35,37,39,41,43,45-49H2,1-13H3,(H,102,103)(H,104,105)(H,106,107)(H,108,109)/p-4/b51-26+,52-28+,53-30-,54-32-,55-34-,56-36-,57-38-,58-40-,59-42-,60-44-/t61-,62-,63-,64-,65-,66-,67+,68-,69-,70-,71+,72-,73-,74-,75-,76-,77+,78+,79+,80+,82+,83-,84+,85-,86-,88?/m1/s1. The Morgan fingerprint density at radius 1 is 0.376 bits per heavy atom. The summed E-state index contributed by atoms with van der Waals surface area (Å²) >= 11 is 0. The van der Waals surface area contributed by atoms with E-state index < -0.39 is 220 Å². The Morgan fingerprint density at radius 3 is 1.13 bits per heavy atom. The molecular weight excluding hydrogens is 1680 g/mol. The number of aliphatic hydroxyl groups is 13. The van der Waals surface area contributed by atoms with E-state index in [1.807, 2.05) is 6.92 Å². The molecule has 0 aliphatic carbocycles. The van der Waals surface area contributed by atoms with Crippen molar-refractivity contribution >= 4 is 27.6 Å². The smallest absolute Gasteiger partial charge is 0.276 e. The Bertz CT molecular complexity index is 3820. The minimum atomic E-state index is -6.13. The number of aliphatic hydroxyl groups excluding tert-OH is 13. The highest BCUT2D eigenvalue weighted by Gasteiger charge is 2.59. The van der Waals surface area contributed by atoms with E-state index in [1.165, 1.54) is 56.2 Å². The maximum atomic E-state index is 13.1. The first-order valence-corrected chi connectivity index (χ1v) is 46.0. The van der Waals surface area contributed by atoms with Crippen molar-refractivity contribution in [1.29, 1.82) is 0 Å². The van der Waals surface area contributed by atoms with Gasteiger partial charge in [0.1, 0.15) is 128 Å². The summed E-state index contributed by atoms with van der Waals surface area (Å²) in [6.45, 7) is 22.1. The average Bonchev–Trinajstić information content (AvgIpc) is 0.773. The van der Waals surface area contributed by atoms with Crippen molar-refractivity contribution in [3.63, 3.8) is 0 Å². The summed E-state index contributed by atoms with van der Waals surface area (Å²) < 4.78 is 100. The Morgan fingerprint density at radius 2 is 0.712 bits per heavy atom. The van der Waals surface area contributed by atoms with Crippen molar-refractivity contribution in [3.8, 4) is 0 Å². The van der Waals surface area contributed by atoms with E-state index in [-0.39, 0.29) is 0 Å². The van der Waals surface area contributed by atoms with Crippen molar-refractivity contribution in [2.75, 3.05) is 33.0 Å². The maximum Gasteiger partial charge on any atom is 0.276 e. The monoisotopic (exact) mass is 1820 g/mol. The van der Waals surface area contributed by atoms with Crippen molar-refractivity contribution < 1.29 is 171 Å². The zero-order valence-corrected chi connectivity index (χ0v) is 75.9. The second kappa shape index (κ2) is 53.2. The topological polar surface area (TPSA) is 553 Å². The van der Waals surface area contributed by atoms with Gasteiger partial charge in [0.2, 0.25) is 5.79 Å². The number of phosphoric ester groups is 2. The molecule has 714 valence electrons. The van der Waals surface area contributed by atoms with E-state index in [0.29, 0.717) is 18.4 Å². The van der Waals surface area contributed by atoms with Crippen LogP contribution in [0.5, 0.6) is 0 Å². The van der Waals surface area contributed by atoms with Gasteiger partial charge in [0.05, 0.1) is 39.0 Å². The zero-order valence-electron chi connectivity index (χ0n) is 74.2. The molecule has 6 rings (SSSR count). The quantitative estimate of drug-likeness (QED) is 0.0293. The Labute approximate surface area is 733 Å². The number of rotatable bonds is 50. The van der Waals surface area contributed by atoms with E-state index >= 15 is 0 Å². The summed E-state index contributed by atoms with van der Waals surface area (Å²) in [4.78, 5) is 50.2. The Hall–Kier alpha value is -4.62. The van der Waals surface area contributed by atoms with Crippen molar-refractivity contribution in [2.45, 2.75) is 378 Å². The lowest BCUT2D eigenvalue weighted by Crippen LogP contribution is -2.70. The molecule has 6 aliphatic rings. The summed E-state index contributed by atoms with van der Waals surface area (Å²) in [5.41, 5.74) is 14.7. The summed E-state index contributed by atoms with van der Waals surface area (Å²) in [5, 5.41) is 168. The van der Waals surface area contributed by atoms with Crippen LogP contribution in [0.4, 0.5) is 0 Å². The van der Waals surface area contributed by atoms with Gasteiger partial charge in [0.25, 0.3) is 15.6 Å². The van der Waals surface area contributed by atoms with Gasteiger partial charge in [0, 0.05) is 0 Å². The van der Waals surface area contributed by atoms with Gasteiger partial charge in [-0.1, -0.05) is 128 Å². The number of carboxylic acid groups (broad SMARTS) is 2. The first kappa shape index (κ1) is 109. The summed E-state index contributed by atoms with van der Waals surface area (Å²) in [6, 6.07) is 0. The summed E-state index contributed by atoms with van der Waals surface area (Å²) in [6.07, 6.45) is -10.2. The minimum absolute atomic E-state index is 0.495. The molecule has 0 aromatic carbocycles. The molecule has 35 nitrogen and oxygen atoms in total. The van der Waals surface area contributed by atoms with Crippen LogP contribution in [0, 0.1) is 0 Å². The zero-order chi connectivity index (χ0) is 92.8. The number of carboxylic acids is 2. The normalized spacial score (nSPS) is 34.6.